The SMILES string of the molecule is COCCCOc1cc(C)c(-c2cccc(COc3cc4c(cn3)[C@@H](CC(=O)O)CO4)c2)c(C)c1. The lowest BCUT2D eigenvalue weighted by molar-refractivity contribution is -0.137. The number of aromatic nitrogens is 1. The van der Waals surface area contributed by atoms with Crippen molar-refractivity contribution in [2.24, 2.45) is 0 Å². The minimum atomic E-state index is -0.846. The van der Waals surface area contributed by atoms with E-state index in [1.165, 1.54) is 5.56 Å². The van der Waals surface area contributed by atoms with Crippen molar-refractivity contribution in [1.82, 2.24) is 4.98 Å². The van der Waals surface area contributed by atoms with E-state index < -0.39 is 5.97 Å². The minimum absolute atomic E-state index is 0.0292. The zero-order chi connectivity index (χ0) is 24.8. The Morgan fingerprint density at radius 1 is 1.11 bits per heavy atom. The lowest BCUT2D eigenvalue weighted by Crippen LogP contribution is -2.07. The van der Waals surface area contributed by atoms with Crippen LogP contribution in [0.4, 0.5) is 0 Å². The van der Waals surface area contributed by atoms with Gasteiger partial charge in [0.15, 0.2) is 0 Å². The average molecular weight is 478 g/mol. The monoisotopic (exact) mass is 477 g/mol. The highest BCUT2D eigenvalue weighted by Gasteiger charge is 2.27. The van der Waals surface area contributed by atoms with Crippen LogP contribution in [0.5, 0.6) is 17.4 Å². The molecule has 0 bridgehead atoms. The third-order valence-electron chi connectivity index (χ3n) is 6.04. The van der Waals surface area contributed by atoms with E-state index in [2.05, 4.69) is 43.1 Å². The summed E-state index contributed by atoms with van der Waals surface area (Å²) < 4.78 is 22.5. The Bertz CT molecular complexity index is 1170. The quantitative estimate of drug-likeness (QED) is 0.375. The Hall–Kier alpha value is -3.58. The zero-order valence-corrected chi connectivity index (χ0v) is 20.4. The molecular weight excluding hydrogens is 446 g/mol. The second kappa shape index (κ2) is 11.2. The van der Waals surface area contributed by atoms with Crippen molar-refractivity contribution in [2.45, 2.75) is 39.2 Å². The molecule has 0 saturated carbocycles. The number of hydrogen-bond acceptors (Lipinski definition) is 6. The van der Waals surface area contributed by atoms with Crippen molar-refractivity contribution in [1.29, 1.82) is 0 Å². The number of aryl methyl sites for hydroxylation is 2. The molecule has 7 nitrogen and oxygen atoms in total. The van der Waals surface area contributed by atoms with E-state index in [4.69, 9.17) is 24.1 Å². The Morgan fingerprint density at radius 2 is 1.91 bits per heavy atom. The number of benzene rings is 2. The van der Waals surface area contributed by atoms with Gasteiger partial charge in [-0.15, -0.1) is 0 Å². The third-order valence-corrected chi connectivity index (χ3v) is 6.04. The Morgan fingerprint density at radius 3 is 2.66 bits per heavy atom. The van der Waals surface area contributed by atoms with Crippen molar-refractivity contribution < 1.29 is 28.8 Å². The first-order valence-corrected chi connectivity index (χ1v) is 11.7. The summed E-state index contributed by atoms with van der Waals surface area (Å²) in [4.78, 5) is 15.4. The molecule has 0 saturated heterocycles. The Labute approximate surface area is 205 Å². The summed E-state index contributed by atoms with van der Waals surface area (Å²) in [6.45, 7) is 6.21. The standard InChI is InChI=1S/C28H31NO6/c1-18-10-23(33-9-5-8-32-3)11-19(2)28(18)21-7-4-6-20(12-21)16-35-26-14-25-24(15-29-26)22(17-34-25)13-27(30)31/h4,6-7,10-12,14-15,22H,5,8-9,13,16-17H2,1-3H3,(H,30,31)/t22-/m0/s1. The molecule has 0 fully saturated rings. The fraction of sp³-hybridized carbons (Fsp3) is 0.357. The molecule has 4 rings (SSSR count). The molecule has 0 aliphatic carbocycles. The molecular formula is C28H31NO6. The Kier molecular flexibility index (Phi) is 7.87. The van der Waals surface area contributed by atoms with Gasteiger partial charge in [-0.3, -0.25) is 4.79 Å². The molecule has 2 aromatic carbocycles. The summed E-state index contributed by atoms with van der Waals surface area (Å²) in [5.74, 6) is 0.948. The summed E-state index contributed by atoms with van der Waals surface area (Å²) in [5, 5.41) is 9.06. The largest absolute Gasteiger partial charge is 0.493 e. The maximum atomic E-state index is 11.0. The van der Waals surface area contributed by atoms with Gasteiger partial charge in [0.1, 0.15) is 18.1 Å². The van der Waals surface area contributed by atoms with Crippen molar-refractivity contribution in [3.05, 3.63) is 70.9 Å². The summed E-state index contributed by atoms with van der Waals surface area (Å²) in [7, 11) is 1.69. The highest BCUT2D eigenvalue weighted by atomic mass is 16.5. The second-order valence-corrected chi connectivity index (χ2v) is 8.78. The lowest BCUT2D eigenvalue weighted by atomic mass is 9.94. The van der Waals surface area contributed by atoms with Crippen LogP contribution in [-0.4, -0.2) is 43.0 Å². The predicted octanol–water partition coefficient (Wildman–Crippen LogP) is 5.31. The number of aliphatic carboxylic acids is 1. The molecule has 2 heterocycles. The number of carboxylic acid groups (broad SMARTS) is 1. The highest BCUT2D eigenvalue weighted by molar-refractivity contribution is 5.72. The number of nitrogens with zero attached hydrogens (tertiary/aromatic N) is 1. The molecule has 0 radical (unpaired) electrons. The number of pyridine rings is 1. The Balaban J connectivity index is 1.43. The van der Waals surface area contributed by atoms with Crippen molar-refractivity contribution in [3.63, 3.8) is 0 Å². The number of rotatable bonds is 11. The van der Waals surface area contributed by atoms with Crippen LogP contribution in [-0.2, 0) is 16.1 Å². The van der Waals surface area contributed by atoms with E-state index in [0.29, 0.717) is 38.1 Å². The first-order chi connectivity index (χ1) is 16.9. The highest BCUT2D eigenvalue weighted by Crippen LogP contribution is 2.37. The van der Waals surface area contributed by atoms with Gasteiger partial charge >= 0.3 is 5.97 Å². The van der Waals surface area contributed by atoms with Crippen LogP contribution in [0, 0.1) is 13.8 Å². The molecule has 1 N–H and O–H groups in total. The first kappa shape index (κ1) is 24.5. The summed E-state index contributed by atoms with van der Waals surface area (Å²) in [6, 6.07) is 14.2. The average Bonchev–Trinajstić information content (AvgIpc) is 3.22. The van der Waals surface area contributed by atoms with E-state index in [1.807, 2.05) is 12.1 Å². The van der Waals surface area contributed by atoms with Crippen LogP contribution in [0.25, 0.3) is 11.1 Å². The third kappa shape index (κ3) is 6.11. The van der Waals surface area contributed by atoms with E-state index in [9.17, 15) is 4.79 Å². The smallest absolute Gasteiger partial charge is 0.304 e. The zero-order valence-electron chi connectivity index (χ0n) is 20.4. The normalized spacial score (nSPS) is 14.3. The van der Waals surface area contributed by atoms with E-state index >= 15 is 0 Å². The summed E-state index contributed by atoms with van der Waals surface area (Å²) in [6.07, 6.45) is 2.54. The van der Waals surface area contributed by atoms with Gasteiger partial charge in [0.2, 0.25) is 5.88 Å². The summed E-state index contributed by atoms with van der Waals surface area (Å²) >= 11 is 0. The fourth-order valence-electron chi connectivity index (χ4n) is 4.43. The van der Waals surface area contributed by atoms with Crippen LogP contribution in [0.2, 0.25) is 0 Å². The molecule has 0 unspecified atom stereocenters. The fourth-order valence-corrected chi connectivity index (χ4v) is 4.43. The second-order valence-electron chi connectivity index (χ2n) is 8.78. The van der Waals surface area contributed by atoms with E-state index in [-0.39, 0.29) is 12.3 Å². The van der Waals surface area contributed by atoms with Gasteiger partial charge in [0.05, 0.1) is 19.6 Å². The number of carboxylic acids is 1. The van der Waals surface area contributed by atoms with E-state index in [0.717, 1.165) is 40.0 Å². The number of carbonyl (C=O) groups is 1. The van der Waals surface area contributed by atoms with Gasteiger partial charge in [-0.05, 0) is 59.9 Å². The molecule has 1 aliphatic rings. The van der Waals surface area contributed by atoms with Crippen molar-refractivity contribution in [2.75, 3.05) is 26.9 Å². The molecule has 35 heavy (non-hydrogen) atoms. The van der Waals surface area contributed by atoms with Gasteiger partial charge < -0.3 is 24.1 Å². The molecule has 3 aromatic rings. The van der Waals surface area contributed by atoms with Crippen LogP contribution < -0.4 is 14.2 Å². The van der Waals surface area contributed by atoms with Gasteiger partial charge in [-0.25, -0.2) is 4.98 Å². The predicted molar refractivity (Wildman–Crippen MR) is 132 cm³/mol. The molecule has 1 aromatic heterocycles. The minimum Gasteiger partial charge on any atom is -0.493 e. The summed E-state index contributed by atoms with van der Waals surface area (Å²) in [5.41, 5.74) is 6.45. The van der Waals surface area contributed by atoms with Crippen LogP contribution in [0.1, 0.15) is 41.0 Å². The van der Waals surface area contributed by atoms with Gasteiger partial charge in [-0.2, -0.15) is 0 Å². The van der Waals surface area contributed by atoms with E-state index in [1.54, 1.807) is 19.4 Å². The molecule has 184 valence electrons. The van der Waals surface area contributed by atoms with Crippen LogP contribution in [0.15, 0.2) is 48.7 Å². The van der Waals surface area contributed by atoms with Gasteiger partial charge in [-0.1, -0.05) is 18.2 Å². The topological polar surface area (TPSA) is 87.1 Å². The van der Waals surface area contributed by atoms with Crippen molar-refractivity contribution >= 4 is 5.97 Å². The molecule has 1 atom stereocenters. The van der Waals surface area contributed by atoms with Crippen LogP contribution >= 0.6 is 0 Å². The number of fused-ring (bicyclic) bond motifs is 1. The first-order valence-electron chi connectivity index (χ1n) is 11.7. The molecule has 0 amide bonds. The number of hydrogen-bond donors (Lipinski definition) is 1. The molecule has 0 spiro atoms. The molecule has 7 heteroatoms. The van der Waals surface area contributed by atoms with Gasteiger partial charge in [0, 0.05) is 43.9 Å². The number of ether oxygens (including phenoxy) is 4. The van der Waals surface area contributed by atoms with Gasteiger partial charge in [0.25, 0.3) is 0 Å². The maximum absolute atomic E-state index is 11.0. The lowest BCUT2D eigenvalue weighted by Gasteiger charge is -2.15. The molecule has 1 aliphatic heterocycles. The number of methoxy groups -OCH3 is 1. The van der Waals surface area contributed by atoms with Crippen molar-refractivity contribution in [3.8, 4) is 28.5 Å². The maximum Gasteiger partial charge on any atom is 0.304 e. The van der Waals surface area contributed by atoms with Crippen LogP contribution in [0.3, 0.4) is 0 Å².